The van der Waals surface area contributed by atoms with Crippen LogP contribution in [0, 0.1) is 0 Å². The number of methoxy groups -OCH3 is 2. The average Bonchev–Trinajstić information content (AvgIpc) is 3.34. The molecule has 0 aliphatic heterocycles. The summed E-state index contributed by atoms with van der Waals surface area (Å²) in [5.74, 6) is 1.09. The summed E-state index contributed by atoms with van der Waals surface area (Å²) in [7, 11) is 3.27. The van der Waals surface area contributed by atoms with E-state index in [0.29, 0.717) is 35.9 Å². The fourth-order valence-electron chi connectivity index (χ4n) is 3.22. The van der Waals surface area contributed by atoms with Crippen LogP contribution < -0.4 is 14.3 Å². The van der Waals surface area contributed by atoms with Crippen molar-refractivity contribution in [2.45, 2.75) is 13.5 Å². The van der Waals surface area contributed by atoms with E-state index in [0.717, 1.165) is 21.4 Å². The van der Waals surface area contributed by atoms with Crippen LogP contribution in [0.15, 0.2) is 51.9 Å². The number of carbonyl (C=O) groups excluding carboxylic acids is 1. The Balaban J connectivity index is 1.79. The van der Waals surface area contributed by atoms with Crippen LogP contribution in [0.1, 0.15) is 17.5 Å². The summed E-state index contributed by atoms with van der Waals surface area (Å²) >= 11 is 1.42. The van der Waals surface area contributed by atoms with Gasteiger partial charge in [-0.05, 0) is 37.3 Å². The van der Waals surface area contributed by atoms with Crippen molar-refractivity contribution in [2.75, 3.05) is 27.4 Å². The van der Waals surface area contributed by atoms with Gasteiger partial charge in [-0.25, -0.2) is 0 Å². The average molecular weight is 426 g/mol. The molecule has 0 N–H and O–H groups in total. The number of rotatable bonds is 7. The van der Waals surface area contributed by atoms with Crippen LogP contribution in [0.2, 0.25) is 0 Å². The van der Waals surface area contributed by atoms with E-state index in [2.05, 4.69) is 4.99 Å². The zero-order chi connectivity index (χ0) is 21.1. The van der Waals surface area contributed by atoms with E-state index >= 15 is 0 Å². The first-order valence-electron chi connectivity index (χ1n) is 9.55. The molecule has 0 saturated heterocycles. The van der Waals surface area contributed by atoms with Crippen molar-refractivity contribution in [1.29, 1.82) is 0 Å². The Morgan fingerprint density at radius 2 is 2.07 bits per heavy atom. The van der Waals surface area contributed by atoms with Crippen molar-refractivity contribution < 1.29 is 23.4 Å². The molecule has 0 radical (unpaired) electrons. The molecule has 0 fully saturated rings. The van der Waals surface area contributed by atoms with Gasteiger partial charge in [-0.3, -0.25) is 4.79 Å². The summed E-state index contributed by atoms with van der Waals surface area (Å²) in [5, 5.41) is 0.799. The molecule has 0 bridgehead atoms. The number of furan rings is 1. The highest BCUT2D eigenvalue weighted by Crippen LogP contribution is 2.29. The molecule has 0 aliphatic carbocycles. The molecule has 2 aromatic heterocycles. The van der Waals surface area contributed by atoms with Crippen molar-refractivity contribution >= 4 is 38.4 Å². The maximum absolute atomic E-state index is 12.9. The highest BCUT2D eigenvalue weighted by Gasteiger charge is 2.16. The second-order valence-corrected chi connectivity index (χ2v) is 7.51. The summed E-state index contributed by atoms with van der Waals surface area (Å²) in [5.41, 5.74) is 1.51. The Hall–Kier alpha value is -3.10. The molecule has 4 aromatic rings. The van der Waals surface area contributed by atoms with Crippen LogP contribution in [0.4, 0.5) is 0 Å². The Morgan fingerprint density at radius 1 is 1.20 bits per heavy atom. The molecule has 0 spiro atoms. The number of fused-ring (bicyclic) bond motifs is 2. The first kappa shape index (κ1) is 20.2. The lowest BCUT2D eigenvalue weighted by Crippen LogP contribution is -2.19. The Bertz CT molecular complexity index is 1270. The molecular weight excluding hydrogens is 404 g/mol. The van der Waals surface area contributed by atoms with Gasteiger partial charge in [-0.2, -0.15) is 4.99 Å². The molecular formula is C22H22N2O5S. The molecule has 1 amide bonds. The molecule has 2 aromatic carbocycles. The van der Waals surface area contributed by atoms with Crippen LogP contribution in [0.3, 0.4) is 0 Å². The third-order valence-corrected chi connectivity index (χ3v) is 5.67. The van der Waals surface area contributed by atoms with Gasteiger partial charge >= 0.3 is 5.91 Å². The van der Waals surface area contributed by atoms with Gasteiger partial charge in [-0.1, -0.05) is 23.5 Å². The lowest BCUT2D eigenvalue weighted by Gasteiger charge is -2.04. The third kappa shape index (κ3) is 3.83. The van der Waals surface area contributed by atoms with E-state index in [1.165, 1.54) is 11.3 Å². The van der Waals surface area contributed by atoms with Gasteiger partial charge in [0.15, 0.2) is 21.9 Å². The molecule has 0 saturated carbocycles. The number of hydrogen-bond acceptors (Lipinski definition) is 6. The minimum atomic E-state index is -0.446. The Kier molecular flexibility index (Phi) is 5.87. The third-order valence-electron chi connectivity index (χ3n) is 4.62. The lowest BCUT2D eigenvalue weighted by atomic mass is 10.2. The van der Waals surface area contributed by atoms with Crippen LogP contribution in [0.25, 0.3) is 21.2 Å². The highest BCUT2D eigenvalue weighted by atomic mass is 32.1. The molecule has 2 heterocycles. The summed E-state index contributed by atoms with van der Waals surface area (Å²) < 4.78 is 24.9. The smallest absolute Gasteiger partial charge is 0.315 e. The van der Waals surface area contributed by atoms with Gasteiger partial charge in [0, 0.05) is 19.0 Å². The van der Waals surface area contributed by atoms with Crippen LogP contribution in [0.5, 0.6) is 11.5 Å². The number of nitrogens with zero attached hydrogens (tertiary/aromatic N) is 2. The summed E-state index contributed by atoms with van der Waals surface area (Å²) in [6, 6.07) is 13.0. The van der Waals surface area contributed by atoms with E-state index in [4.69, 9.17) is 18.6 Å². The zero-order valence-electron chi connectivity index (χ0n) is 17.0. The van der Waals surface area contributed by atoms with Gasteiger partial charge in [0.05, 0.1) is 30.5 Å². The van der Waals surface area contributed by atoms with Gasteiger partial charge in [0.2, 0.25) is 0 Å². The molecule has 4 rings (SSSR count). The minimum absolute atomic E-state index is 0.172. The predicted molar refractivity (Wildman–Crippen MR) is 116 cm³/mol. The predicted octanol–water partition coefficient (Wildman–Crippen LogP) is 4.24. The van der Waals surface area contributed by atoms with Crippen molar-refractivity contribution in [3.8, 4) is 11.5 Å². The quantitative estimate of drug-likeness (QED) is 0.442. The fraction of sp³-hybridized carbons (Fsp3) is 0.273. The van der Waals surface area contributed by atoms with Gasteiger partial charge in [0.1, 0.15) is 5.75 Å². The maximum Gasteiger partial charge on any atom is 0.315 e. The van der Waals surface area contributed by atoms with Crippen LogP contribution in [-0.2, 0) is 11.3 Å². The van der Waals surface area contributed by atoms with E-state index in [9.17, 15) is 4.79 Å². The van der Waals surface area contributed by atoms with E-state index in [1.54, 1.807) is 20.3 Å². The number of hydrogen-bond donors (Lipinski definition) is 0. The zero-order valence-corrected chi connectivity index (χ0v) is 17.8. The molecule has 0 atom stereocenters. The van der Waals surface area contributed by atoms with Crippen LogP contribution >= 0.6 is 11.3 Å². The molecule has 0 aliphatic rings. The first-order valence-corrected chi connectivity index (χ1v) is 10.4. The van der Waals surface area contributed by atoms with Gasteiger partial charge in [0.25, 0.3) is 0 Å². The standard InChI is InChI=1S/C22H22N2O5S/c1-4-28-17-7-5-6-14-12-18(29-20(14)17)21(25)23-22-24(10-11-26-2)16-9-8-15(27-3)13-19(16)30-22/h5-9,12-13H,4,10-11H2,1-3H3. The number of ether oxygens (including phenoxy) is 3. The second kappa shape index (κ2) is 8.73. The summed E-state index contributed by atoms with van der Waals surface area (Å²) in [6.45, 7) is 3.49. The van der Waals surface area contributed by atoms with Crippen molar-refractivity contribution in [3.63, 3.8) is 0 Å². The topological polar surface area (TPSA) is 75.2 Å². The number of thiazole rings is 1. The minimum Gasteiger partial charge on any atom is -0.497 e. The maximum atomic E-state index is 12.9. The van der Waals surface area contributed by atoms with E-state index < -0.39 is 5.91 Å². The number of benzene rings is 2. The molecule has 156 valence electrons. The Labute approximate surface area is 177 Å². The van der Waals surface area contributed by atoms with Crippen molar-refractivity contribution in [1.82, 2.24) is 4.57 Å². The lowest BCUT2D eigenvalue weighted by molar-refractivity contribution is 0.0973. The van der Waals surface area contributed by atoms with Crippen molar-refractivity contribution in [3.05, 3.63) is 53.0 Å². The first-order chi connectivity index (χ1) is 14.6. The second-order valence-electron chi connectivity index (χ2n) is 6.50. The largest absolute Gasteiger partial charge is 0.497 e. The number of aromatic nitrogens is 1. The number of carbonyl (C=O) groups is 1. The number of amides is 1. The van der Waals surface area contributed by atoms with Crippen molar-refractivity contribution in [2.24, 2.45) is 4.99 Å². The molecule has 7 nitrogen and oxygen atoms in total. The van der Waals surface area contributed by atoms with E-state index in [1.807, 2.05) is 47.9 Å². The fourth-order valence-corrected chi connectivity index (χ4v) is 4.30. The van der Waals surface area contributed by atoms with Gasteiger partial charge < -0.3 is 23.2 Å². The molecule has 8 heteroatoms. The van der Waals surface area contributed by atoms with Crippen LogP contribution in [-0.4, -0.2) is 37.9 Å². The molecule has 30 heavy (non-hydrogen) atoms. The SMILES string of the molecule is CCOc1cccc2cc(C(=O)N=c3sc4cc(OC)ccc4n3CCOC)oc12. The highest BCUT2D eigenvalue weighted by molar-refractivity contribution is 7.16. The van der Waals surface area contributed by atoms with E-state index in [-0.39, 0.29) is 5.76 Å². The van der Waals surface area contributed by atoms with Gasteiger partial charge in [-0.15, -0.1) is 0 Å². The monoisotopic (exact) mass is 426 g/mol. The normalized spacial score (nSPS) is 12.0. The summed E-state index contributed by atoms with van der Waals surface area (Å²) in [6.07, 6.45) is 0. The number of para-hydroxylation sites is 1. The molecule has 0 unspecified atom stereocenters. The summed E-state index contributed by atoms with van der Waals surface area (Å²) in [4.78, 5) is 17.8. The Morgan fingerprint density at radius 3 is 2.83 bits per heavy atom.